The van der Waals surface area contributed by atoms with Gasteiger partial charge in [-0.05, 0) is 49.9 Å². The van der Waals surface area contributed by atoms with Crippen LogP contribution < -0.4 is 10.9 Å². The number of hydrogen-bond donors (Lipinski definition) is 1. The van der Waals surface area contributed by atoms with Gasteiger partial charge in [0.2, 0.25) is 5.91 Å². The van der Waals surface area contributed by atoms with Crippen molar-refractivity contribution in [3.05, 3.63) is 75.6 Å². The summed E-state index contributed by atoms with van der Waals surface area (Å²) in [6, 6.07) is 14.5. The number of carbonyl (C=O) groups is 2. The fourth-order valence-corrected chi connectivity index (χ4v) is 3.97. The number of rotatable bonds is 4. The quantitative estimate of drug-likeness (QED) is 0.725. The maximum absolute atomic E-state index is 13.0. The molecule has 2 heterocycles. The number of aryl methyl sites for hydroxylation is 2. The molecular formula is C24H25N3O3. The largest absolute Gasteiger partial charge is 0.339 e. The van der Waals surface area contributed by atoms with E-state index in [1.807, 2.05) is 50.2 Å². The van der Waals surface area contributed by atoms with Crippen LogP contribution in [0.5, 0.6) is 0 Å². The van der Waals surface area contributed by atoms with Crippen LogP contribution in [0.15, 0.2) is 53.3 Å². The van der Waals surface area contributed by atoms with Gasteiger partial charge in [0.25, 0.3) is 11.5 Å². The van der Waals surface area contributed by atoms with E-state index in [4.69, 9.17) is 0 Å². The highest BCUT2D eigenvalue weighted by molar-refractivity contribution is 6.06. The minimum Gasteiger partial charge on any atom is -0.339 e. The monoisotopic (exact) mass is 403 g/mol. The molecule has 0 bridgehead atoms. The maximum Gasteiger partial charge on any atom is 0.254 e. The Hall–Kier alpha value is -3.41. The van der Waals surface area contributed by atoms with Crippen LogP contribution in [0, 0.1) is 13.8 Å². The normalized spacial score (nSPS) is 13.6. The fraction of sp³-hybridized carbons (Fsp3) is 0.292. The number of benzene rings is 2. The Balaban J connectivity index is 1.68. The summed E-state index contributed by atoms with van der Waals surface area (Å²) in [4.78, 5) is 40.4. The van der Waals surface area contributed by atoms with Gasteiger partial charge in [-0.1, -0.05) is 30.3 Å². The summed E-state index contributed by atoms with van der Waals surface area (Å²) in [6.07, 6.45) is 1.97. The molecule has 0 aliphatic carbocycles. The van der Waals surface area contributed by atoms with Gasteiger partial charge in [0.1, 0.15) is 6.54 Å². The lowest BCUT2D eigenvalue weighted by Crippen LogP contribution is -2.32. The first kappa shape index (κ1) is 19.9. The van der Waals surface area contributed by atoms with E-state index in [1.54, 1.807) is 11.0 Å². The zero-order chi connectivity index (χ0) is 21.3. The first-order valence-electron chi connectivity index (χ1n) is 10.2. The van der Waals surface area contributed by atoms with Gasteiger partial charge in [-0.3, -0.25) is 19.0 Å². The van der Waals surface area contributed by atoms with Gasteiger partial charge in [0, 0.05) is 30.2 Å². The van der Waals surface area contributed by atoms with E-state index in [0.717, 1.165) is 29.7 Å². The molecule has 0 atom stereocenters. The topological polar surface area (TPSA) is 71.4 Å². The van der Waals surface area contributed by atoms with Crippen molar-refractivity contribution < 1.29 is 9.59 Å². The third-order valence-corrected chi connectivity index (χ3v) is 5.61. The van der Waals surface area contributed by atoms with Gasteiger partial charge in [-0.15, -0.1) is 0 Å². The lowest BCUT2D eigenvalue weighted by atomic mass is 10.1. The van der Waals surface area contributed by atoms with Crippen LogP contribution >= 0.6 is 0 Å². The summed E-state index contributed by atoms with van der Waals surface area (Å²) in [5.74, 6) is -0.401. The minimum atomic E-state index is -0.354. The van der Waals surface area contributed by atoms with Gasteiger partial charge in [0.15, 0.2) is 0 Å². The van der Waals surface area contributed by atoms with E-state index < -0.39 is 0 Å². The molecule has 30 heavy (non-hydrogen) atoms. The Morgan fingerprint density at radius 3 is 2.50 bits per heavy atom. The number of carbonyl (C=O) groups excluding carboxylic acids is 2. The molecule has 6 heteroatoms. The van der Waals surface area contributed by atoms with E-state index in [-0.39, 0.29) is 23.9 Å². The number of nitrogens with zero attached hydrogens (tertiary/aromatic N) is 2. The molecule has 0 radical (unpaired) electrons. The number of fused-ring (bicyclic) bond motifs is 1. The number of pyridine rings is 1. The number of nitrogens with one attached hydrogen (secondary N) is 1. The third kappa shape index (κ3) is 3.85. The van der Waals surface area contributed by atoms with Gasteiger partial charge < -0.3 is 10.2 Å². The highest BCUT2D eigenvalue weighted by Gasteiger charge is 2.23. The second-order valence-electron chi connectivity index (χ2n) is 7.87. The average Bonchev–Trinajstić information content (AvgIpc) is 3.27. The van der Waals surface area contributed by atoms with Crippen molar-refractivity contribution in [2.45, 2.75) is 33.2 Å². The summed E-state index contributed by atoms with van der Waals surface area (Å²) >= 11 is 0. The van der Waals surface area contributed by atoms with Crippen LogP contribution in [0.2, 0.25) is 0 Å². The number of hydrogen-bond acceptors (Lipinski definition) is 3. The highest BCUT2D eigenvalue weighted by atomic mass is 16.2. The number of likely N-dealkylation sites (tertiary alicyclic amines) is 1. The zero-order valence-electron chi connectivity index (χ0n) is 17.3. The van der Waals surface area contributed by atoms with Crippen LogP contribution in [0.3, 0.4) is 0 Å². The molecule has 2 aromatic carbocycles. The molecule has 1 aliphatic heterocycles. The van der Waals surface area contributed by atoms with Crippen LogP contribution in [-0.2, 0) is 11.3 Å². The molecule has 1 fully saturated rings. The summed E-state index contributed by atoms with van der Waals surface area (Å²) in [7, 11) is 0. The Bertz CT molecular complexity index is 1190. The number of aromatic nitrogens is 1. The molecule has 2 amide bonds. The van der Waals surface area contributed by atoms with Crippen molar-refractivity contribution in [1.82, 2.24) is 9.47 Å². The van der Waals surface area contributed by atoms with Crippen molar-refractivity contribution in [3.8, 4) is 0 Å². The standard InChI is InChI=1S/C24H25N3O3/c1-16-9-10-17(2)20(13-16)25-22(28)15-27-21-8-4-3-7-18(21)19(14-23(27)29)24(30)26-11-5-6-12-26/h3-4,7-10,13-14H,5-6,11-12,15H2,1-2H3,(H,25,28). The Kier molecular flexibility index (Phi) is 5.40. The minimum absolute atomic E-state index is 0.118. The molecule has 1 aromatic heterocycles. The van der Waals surface area contributed by atoms with E-state index in [9.17, 15) is 14.4 Å². The van der Waals surface area contributed by atoms with Crippen LogP contribution in [-0.4, -0.2) is 34.4 Å². The van der Waals surface area contributed by atoms with Crippen molar-refractivity contribution >= 4 is 28.4 Å². The van der Waals surface area contributed by atoms with E-state index in [2.05, 4.69) is 5.32 Å². The molecular weight excluding hydrogens is 378 g/mol. The molecule has 1 N–H and O–H groups in total. The van der Waals surface area contributed by atoms with Gasteiger partial charge in [-0.2, -0.15) is 0 Å². The van der Waals surface area contributed by atoms with Crippen molar-refractivity contribution in [2.75, 3.05) is 18.4 Å². The lowest BCUT2D eigenvalue weighted by molar-refractivity contribution is -0.116. The second kappa shape index (κ2) is 8.14. The van der Waals surface area contributed by atoms with Crippen molar-refractivity contribution in [1.29, 1.82) is 0 Å². The molecule has 154 valence electrons. The van der Waals surface area contributed by atoms with Crippen LogP contribution in [0.1, 0.15) is 34.3 Å². The summed E-state index contributed by atoms with van der Waals surface area (Å²) in [6.45, 7) is 5.20. The second-order valence-corrected chi connectivity index (χ2v) is 7.87. The van der Waals surface area contributed by atoms with E-state index >= 15 is 0 Å². The van der Waals surface area contributed by atoms with Crippen LogP contribution in [0.25, 0.3) is 10.9 Å². The molecule has 4 rings (SSSR count). The smallest absolute Gasteiger partial charge is 0.254 e. The highest BCUT2D eigenvalue weighted by Crippen LogP contribution is 2.21. The SMILES string of the molecule is Cc1ccc(C)c(NC(=O)Cn2c(=O)cc(C(=O)N3CCCC3)c3ccccc32)c1. The first-order chi connectivity index (χ1) is 14.4. The Labute approximate surface area is 175 Å². The van der Waals surface area contributed by atoms with E-state index in [0.29, 0.717) is 29.6 Å². The zero-order valence-corrected chi connectivity index (χ0v) is 17.3. The Morgan fingerprint density at radius 1 is 1.00 bits per heavy atom. The number of amides is 2. The van der Waals surface area contributed by atoms with Crippen molar-refractivity contribution in [2.24, 2.45) is 0 Å². The van der Waals surface area contributed by atoms with Crippen molar-refractivity contribution in [3.63, 3.8) is 0 Å². The molecule has 3 aromatic rings. The van der Waals surface area contributed by atoms with E-state index in [1.165, 1.54) is 10.6 Å². The maximum atomic E-state index is 13.0. The first-order valence-corrected chi connectivity index (χ1v) is 10.2. The third-order valence-electron chi connectivity index (χ3n) is 5.61. The summed E-state index contributed by atoms with van der Waals surface area (Å²) in [5.41, 5.74) is 3.37. The molecule has 0 spiro atoms. The number of anilines is 1. The fourth-order valence-electron chi connectivity index (χ4n) is 3.97. The van der Waals surface area contributed by atoms with Gasteiger partial charge in [0.05, 0.1) is 11.1 Å². The molecule has 1 saturated heterocycles. The van der Waals surface area contributed by atoms with Gasteiger partial charge in [-0.25, -0.2) is 0 Å². The molecule has 0 unspecified atom stereocenters. The molecule has 1 aliphatic rings. The summed E-state index contributed by atoms with van der Waals surface area (Å²) in [5, 5.41) is 3.59. The summed E-state index contributed by atoms with van der Waals surface area (Å²) < 4.78 is 1.43. The lowest BCUT2D eigenvalue weighted by Gasteiger charge is -2.18. The predicted octanol–water partition coefficient (Wildman–Crippen LogP) is 3.49. The molecule has 0 saturated carbocycles. The van der Waals surface area contributed by atoms with Crippen LogP contribution in [0.4, 0.5) is 5.69 Å². The van der Waals surface area contributed by atoms with Gasteiger partial charge >= 0.3 is 0 Å². The Morgan fingerprint density at radius 2 is 1.73 bits per heavy atom. The average molecular weight is 403 g/mol. The predicted molar refractivity (Wildman–Crippen MR) is 118 cm³/mol. The number of para-hydroxylation sites is 1. The molecule has 6 nitrogen and oxygen atoms in total.